The second-order valence-electron chi connectivity index (χ2n) is 6.47. The van der Waals surface area contributed by atoms with Gasteiger partial charge in [0, 0.05) is 6.42 Å². The molecule has 0 saturated carbocycles. The smallest absolute Gasteiger partial charge is 0.102 e. The molecule has 0 saturated heterocycles. The van der Waals surface area contributed by atoms with Gasteiger partial charge >= 0.3 is 0 Å². The van der Waals surface area contributed by atoms with Crippen LogP contribution in [0.3, 0.4) is 0 Å². The number of benzene rings is 2. The van der Waals surface area contributed by atoms with Crippen molar-refractivity contribution in [2.75, 3.05) is 34.3 Å². The first-order chi connectivity index (χ1) is 10.0. The highest BCUT2D eigenvalue weighted by Crippen LogP contribution is 2.22. The van der Waals surface area contributed by atoms with Gasteiger partial charge < -0.3 is 26.2 Å². The fraction of sp³-hybridized carbons (Fsp3) is 0.368. The minimum absolute atomic E-state index is 0. The molecule has 1 atom stereocenters. The minimum atomic E-state index is 0. The van der Waals surface area contributed by atoms with E-state index in [-0.39, 0.29) is 23.1 Å². The molecule has 0 aliphatic rings. The molecule has 0 spiro atoms. The summed E-state index contributed by atoms with van der Waals surface area (Å²) in [5.41, 5.74) is 2.57. The SMILES string of the molecule is C[N+](C)(C)CCOC(Cc1ccccc1)c1ccccc1.[Br-]. The molecule has 120 valence electrons. The lowest BCUT2D eigenvalue weighted by Crippen LogP contribution is -3.00. The van der Waals surface area contributed by atoms with E-state index in [1.807, 2.05) is 0 Å². The van der Waals surface area contributed by atoms with Gasteiger partial charge in [-0.25, -0.2) is 0 Å². The van der Waals surface area contributed by atoms with E-state index in [1.54, 1.807) is 0 Å². The number of ether oxygens (including phenoxy) is 1. The Hall–Kier alpha value is -1.16. The van der Waals surface area contributed by atoms with Gasteiger partial charge in [-0.15, -0.1) is 0 Å². The van der Waals surface area contributed by atoms with Gasteiger partial charge in [-0.3, -0.25) is 0 Å². The maximum atomic E-state index is 6.19. The average molecular weight is 364 g/mol. The highest BCUT2D eigenvalue weighted by Gasteiger charge is 2.15. The summed E-state index contributed by atoms with van der Waals surface area (Å²) in [5.74, 6) is 0. The summed E-state index contributed by atoms with van der Waals surface area (Å²) >= 11 is 0. The minimum Gasteiger partial charge on any atom is -1.00 e. The van der Waals surface area contributed by atoms with Crippen LogP contribution >= 0.6 is 0 Å². The number of quaternary nitrogens is 1. The van der Waals surface area contributed by atoms with Gasteiger partial charge in [-0.2, -0.15) is 0 Å². The molecular weight excluding hydrogens is 338 g/mol. The molecule has 0 bridgehead atoms. The molecule has 2 rings (SSSR count). The summed E-state index contributed by atoms with van der Waals surface area (Å²) in [6, 6.07) is 21.1. The number of halogens is 1. The highest BCUT2D eigenvalue weighted by molar-refractivity contribution is 5.22. The van der Waals surface area contributed by atoms with Crippen molar-refractivity contribution in [1.29, 1.82) is 0 Å². The van der Waals surface area contributed by atoms with Crippen LogP contribution in [0.4, 0.5) is 0 Å². The first-order valence-corrected chi connectivity index (χ1v) is 7.55. The second kappa shape index (κ2) is 9.09. The van der Waals surface area contributed by atoms with E-state index in [4.69, 9.17) is 4.74 Å². The van der Waals surface area contributed by atoms with Gasteiger partial charge in [0.2, 0.25) is 0 Å². The maximum absolute atomic E-state index is 6.19. The Morgan fingerprint density at radius 1 is 0.864 bits per heavy atom. The molecular formula is C19H26BrNO. The van der Waals surface area contributed by atoms with Crippen LogP contribution in [0.5, 0.6) is 0 Å². The van der Waals surface area contributed by atoms with Crippen molar-refractivity contribution in [1.82, 2.24) is 0 Å². The zero-order valence-corrected chi connectivity index (χ0v) is 15.3. The van der Waals surface area contributed by atoms with Gasteiger partial charge in [0.05, 0.1) is 33.9 Å². The van der Waals surface area contributed by atoms with Crippen molar-refractivity contribution in [3.8, 4) is 0 Å². The zero-order valence-electron chi connectivity index (χ0n) is 13.7. The molecule has 0 N–H and O–H groups in total. The lowest BCUT2D eigenvalue weighted by Gasteiger charge is -2.25. The lowest BCUT2D eigenvalue weighted by atomic mass is 10.0. The Labute approximate surface area is 145 Å². The molecule has 2 aromatic rings. The number of hydrogen-bond donors (Lipinski definition) is 0. The van der Waals surface area contributed by atoms with Gasteiger partial charge in [0.15, 0.2) is 0 Å². The van der Waals surface area contributed by atoms with Gasteiger partial charge in [-0.05, 0) is 11.1 Å². The van der Waals surface area contributed by atoms with E-state index in [0.29, 0.717) is 0 Å². The second-order valence-corrected chi connectivity index (χ2v) is 6.47. The van der Waals surface area contributed by atoms with Crippen molar-refractivity contribution >= 4 is 0 Å². The average Bonchev–Trinajstić information content (AvgIpc) is 2.47. The van der Waals surface area contributed by atoms with Crippen LogP contribution in [0, 0.1) is 0 Å². The number of rotatable bonds is 7. The molecule has 2 nitrogen and oxygen atoms in total. The summed E-state index contributed by atoms with van der Waals surface area (Å²) in [6.45, 7) is 1.79. The zero-order chi connectivity index (χ0) is 15.1. The van der Waals surface area contributed by atoms with Crippen LogP contribution < -0.4 is 17.0 Å². The summed E-state index contributed by atoms with van der Waals surface area (Å²) in [5, 5.41) is 0. The fourth-order valence-corrected chi connectivity index (χ4v) is 2.24. The molecule has 1 unspecified atom stereocenters. The van der Waals surface area contributed by atoms with Crippen LogP contribution in [-0.4, -0.2) is 38.8 Å². The van der Waals surface area contributed by atoms with Crippen LogP contribution in [0.15, 0.2) is 60.7 Å². The largest absolute Gasteiger partial charge is 1.00 e. The van der Waals surface area contributed by atoms with Crippen LogP contribution in [0.2, 0.25) is 0 Å². The normalized spacial score (nSPS) is 12.5. The molecule has 0 aromatic heterocycles. The lowest BCUT2D eigenvalue weighted by molar-refractivity contribution is -0.870. The number of hydrogen-bond acceptors (Lipinski definition) is 1. The highest BCUT2D eigenvalue weighted by atomic mass is 79.9. The maximum Gasteiger partial charge on any atom is 0.102 e. The van der Waals surface area contributed by atoms with E-state index in [2.05, 4.69) is 81.8 Å². The van der Waals surface area contributed by atoms with E-state index in [1.165, 1.54) is 11.1 Å². The summed E-state index contributed by atoms with van der Waals surface area (Å²) in [6.07, 6.45) is 1.04. The van der Waals surface area contributed by atoms with Crippen molar-refractivity contribution in [3.05, 3.63) is 71.8 Å². The first kappa shape index (κ1) is 18.9. The molecule has 0 aliphatic heterocycles. The Bertz CT molecular complexity index is 522. The summed E-state index contributed by atoms with van der Waals surface area (Å²) in [4.78, 5) is 0. The van der Waals surface area contributed by atoms with Crippen molar-refractivity contribution in [2.24, 2.45) is 0 Å². The molecule has 0 amide bonds. The quantitative estimate of drug-likeness (QED) is 0.658. The molecule has 3 heteroatoms. The molecule has 0 aliphatic carbocycles. The van der Waals surface area contributed by atoms with E-state index >= 15 is 0 Å². The molecule has 2 aromatic carbocycles. The van der Waals surface area contributed by atoms with Crippen LogP contribution in [0.1, 0.15) is 17.2 Å². The molecule has 22 heavy (non-hydrogen) atoms. The summed E-state index contributed by atoms with van der Waals surface area (Å²) < 4.78 is 7.12. The van der Waals surface area contributed by atoms with Crippen molar-refractivity contribution < 1.29 is 26.2 Å². The van der Waals surface area contributed by atoms with Crippen molar-refractivity contribution in [2.45, 2.75) is 12.5 Å². The third kappa shape index (κ3) is 6.73. The van der Waals surface area contributed by atoms with Crippen LogP contribution in [-0.2, 0) is 11.2 Å². The van der Waals surface area contributed by atoms with E-state index in [0.717, 1.165) is 24.1 Å². The fourth-order valence-electron chi connectivity index (χ4n) is 2.24. The first-order valence-electron chi connectivity index (χ1n) is 7.55. The molecule has 0 heterocycles. The molecule has 0 radical (unpaired) electrons. The Balaban J connectivity index is 0.00000242. The third-order valence-electron chi connectivity index (χ3n) is 3.52. The van der Waals surface area contributed by atoms with Crippen LogP contribution in [0.25, 0.3) is 0 Å². The van der Waals surface area contributed by atoms with Crippen molar-refractivity contribution in [3.63, 3.8) is 0 Å². The summed E-state index contributed by atoms with van der Waals surface area (Å²) in [7, 11) is 6.58. The van der Waals surface area contributed by atoms with Gasteiger partial charge in [0.1, 0.15) is 6.54 Å². The third-order valence-corrected chi connectivity index (χ3v) is 3.52. The molecule has 0 fully saturated rings. The predicted molar refractivity (Wildman–Crippen MR) is 88.2 cm³/mol. The standard InChI is InChI=1S/C19H26NO.BrH/c1-20(2,3)14-15-21-19(18-12-8-5-9-13-18)16-17-10-6-4-7-11-17;/h4-13,19H,14-16H2,1-3H3;1H/q+1;/p-1. The number of nitrogens with zero attached hydrogens (tertiary/aromatic N) is 1. The predicted octanol–water partition coefficient (Wildman–Crippen LogP) is 0.697. The Morgan fingerprint density at radius 3 is 1.95 bits per heavy atom. The Kier molecular flexibility index (Phi) is 7.80. The van der Waals surface area contributed by atoms with Gasteiger partial charge in [-0.1, -0.05) is 60.7 Å². The van der Waals surface area contributed by atoms with E-state index < -0.39 is 0 Å². The van der Waals surface area contributed by atoms with Gasteiger partial charge in [0.25, 0.3) is 0 Å². The number of likely N-dealkylation sites (N-methyl/N-ethyl adjacent to an activating group) is 1. The Morgan fingerprint density at radius 2 is 1.41 bits per heavy atom. The van der Waals surface area contributed by atoms with E-state index in [9.17, 15) is 0 Å². The monoisotopic (exact) mass is 363 g/mol. The topological polar surface area (TPSA) is 9.23 Å².